The molecule has 0 unspecified atom stereocenters. The highest BCUT2D eigenvalue weighted by Gasteiger charge is 2.49. The van der Waals surface area contributed by atoms with Gasteiger partial charge < -0.3 is 19.3 Å². The maximum atomic E-state index is 13.6. The summed E-state index contributed by atoms with van der Waals surface area (Å²) in [6.45, 7) is 0. The van der Waals surface area contributed by atoms with Gasteiger partial charge in [-0.25, -0.2) is 9.37 Å². The third kappa shape index (κ3) is 4.05. The minimum absolute atomic E-state index is 0.181. The van der Waals surface area contributed by atoms with Crippen molar-refractivity contribution in [3.05, 3.63) is 83.2 Å². The number of halogens is 1. The van der Waals surface area contributed by atoms with E-state index in [1.54, 1.807) is 43.5 Å². The number of aliphatic hydroxyl groups excluding tert-OH is 1. The number of nitrogens with zero attached hydrogens (tertiary/aromatic N) is 2. The van der Waals surface area contributed by atoms with Crippen LogP contribution in [0.25, 0.3) is 16.0 Å². The maximum Gasteiger partial charge on any atom is 0.301 e. The Kier molecular flexibility index (Phi) is 6.26. The molecule has 0 spiro atoms. The fourth-order valence-electron chi connectivity index (χ4n) is 4.34. The lowest BCUT2D eigenvalue weighted by molar-refractivity contribution is -0.132. The van der Waals surface area contributed by atoms with E-state index < -0.39 is 29.3 Å². The summed E-state index contributed by atoms with van der Waals surface area (Å²) >= 11 is 1.20. The lowest BCUT2D eigenvalue weighted by Crippen LogP contribution is -2.29. The van der Waals surface area contributed by atoms with E-state index >= 15 is 0 Å². The normalized spacial score (nSPS) is 16.9. The second kappa shape index (κ2) is 9.55. The highest BCUT2D eigenvalue weighted by atomic mass is 32.1. The van der Waals surface area contributed by atoms with Crippen molar-refractivity contribution in [2.45, 2.75) is 6.04 Å². The van der Waals surface area contributed by atoms with Crippen molar-refractivity contribution >= 4 is 44.1 Å². The van der Waals surface area contributed by atoms with Gasteiger partial charge in [-0.05, 0) is 48.5 Å². The molecule has 8 nitrogen and oxygen atoms in total. The molecule has 5 rings (SSSR count). The van der Waals surface area contributed by atoms with E-state index in [4.69, 9.17) is 14.2 Å². The molecule has 1 saturated heterocycles. The summed E-state index contributed by atoms with van der Waals surface area (Å²) in [6.07, 6.45) is 0. The van der Waals surface area contributed by atoms with Gasteiger partial charge in [0.2, 0.25) is 0 Å². The van der Waals surface area contributed by atoms with Crippen LogP contribution < -0.4 is 19.1 Å². The third-order valence-corrected chi connectivity index (χ3v) is 7.10. The fraction of sp³-hybridized carbons (Fsp3) is 0.148. The molecule has 1 aliphatic rings. The molecule has 1 aromatic heterocycles. The molecule has 10 heteroatoms. The first-order chi connectivity index (χ1) is 17.9. The predicted octanol–water partition coefficient (Wildman–Crippen LogP) is 5.09. The van der Waals surface area contributed by atoms with Crippen LogP contribution in [0.15, 0.2) is 66.2 Å². The minimum atomic E-state index is -1.10. The van der Waals surface area contributed by atoms with E-state index in [1.165, 1.54) is 42.6 Å². The Morgan fingerprint density at radius 3 is 2.43 bits per heavy atom. The van der Waals surface area contributed by atoms with Crippen LogP contribution in [0.1, 0.15) is 17.2 Å². The number of thiazole rings is 1. The SMILES string of the molecule is COc1ccc2nc(N3C(=O)C(=O)/C(=C(/O)c4ccc(F)cc4)[C@@H]3c3cccc(OC)c3OC)sc2c1. The number of aliphatic hydroxyl groups is 1. The number of Topliss-reactive ketones (excluding diaryl/α,β-unsaturated/α-hetero) is 1. The zero-order valence-corrected chi connectivity index (χ0v) is 20.8. The number of carbonyl (C=O) groups is 2. The van der Waals surface area contributed by atoms with Gasteiger partial charge >= 0.3 is 5.91 Å². The summed E-state index contributed by atoms with van der Waals surface area (Å²) in [4.78, 5) is 32.7. The van der Waals surface area contributed by atoms with Crippen molar-refractivity contribution in [1.29, 1.82) is 0 Å². The number of ketones is 1. The third-order valence-electron chi connectivity index (χ3n) is 6.08. The van der Waals surface area contributed by atoms with Crippen molar-refractivity contribution in [2.75, 3.05) is 26.2 Å². The van der Waals surface area contributed by atoms with Crippen LogP contribution in [-0.4, -0.2) is 43.1 Å². The monoisotopic (exact) mass is 520 g/mol. The first-order valence-electron chi connectivity index (χ1n) is 11.1. The van der Waals surface area contributed by atoms with E-state index in [-0.39, 0.29) is 22.0 Å². The predicted molar refractivity (Wildman–Crippen MR) is 137 cm³/mol. The Morgan fingerprint density at radius 2 is 1.76 bits per heavy atom. The van der Waals surface area contributed by atoms with E-state index in [9.17, 15) is 19.1 Å². The Labute approximate surface area is 215 Å². The Balaban J connectivity index is 1.77. The first-order valence-corrected chi connectivity index (χ1v) is 11.9. The number of hydrogen-bond acceptors (Lipinski definition) is 8. The summed E-state index contributed by atoms with van der Waals surface area (Å²) in [6, 6.07) is 14.2. The van der Waals surface area contributed by atoms with Gasteiger partial charge in [0.05, 0.1) is 37.1 Å². The average molecular weight is 521 g/mol. The topological polar surface area (TPSA) is 98.2 Å². The molecule has 0 radical (unpaired) electrons. The molecule has 0 aliphatic carbocycles. The van der Waals surface area contributed by atoms with Gasteiger partial charge in [-0.15, -0.1) is 0 Å². The Bertz CT molecular complexity index is 1560. The second-order valence-electron chi connectivity index (χ2n) is 8.09. The number of methoxy groups -OCH3 is 3. The number of hydrogen-bond donors (Lipinski definition) is 1. The second-order valence-corrected chi connectivity index (χ2v) is 9.10. The molecular weight excluding hydrogens is 499 g/mol. The van der Waals surface area contributed by atoms with Crippen LogP contribution >= 0.6 is 11.3 Å². The van der Waals surface area contributed by atoms with Crippen LogP contribution in [0.2, 0.25) is 0 Å². The molecule has 1 amide bonds. The number of aromatic nitrogens is 1. The van der Waals surface area contributed by atoms with E-state index in [1.807, 2.05) is 0 Å². The molecule has 1 atom stereocenters. The van der Waals surface area contributed by atoms with Crippen LogP contribution in [0.4, 0.5) is 9.52 Å². The van der Waals surface area contributed by atoms with Gasteiger partial charge in [0.25, 0.3) is 5.78 Å². The molecule has 0 saturated carbocycles. The number of amides is 1. The maximum absolute atomic E-state index is 13.6. The van der Waals surface area contributed by atoms with Crippen molar-refractivity contribution in [1.82, 2.24) is 4.98 Å². The van der Waals surface area contributed by atoms with Crippen molar-refractivity contribution in [3.63, 3.8) is 0 Å². The van der Waals surface area contributed by atoms with Crippen molar-refractivity contribution in [3.8, 4) is 17.2 Å². The van der Waals surface area contributed by atoms with Crippen molar-refractivity contribution in [2.24, 2.45) is 0 Å². The molecule has 1 N–H and O–H groups in total. The van der Waals surface area contributed by atoms with Crippen LogP contribution in [0.5, 0.6) is 17.2 Å². The molecular formula is C27H21FN2O6S. The first kappa shape index (κ1) is 24.3. The summed E-state index contributed by atoms with van der Waals surface area (Å²) in [5.41, 5.74) is 1.01. The smallest absolute Gasteiger partial charge is 0.301 e. The summed E-state index contributed by atoms with van der Waals surface area (Å²) in [5, 5.41) is 11.5. The highest BCUT2D eigenvalue weighted by Crippen LogP contribution is 2.48. The molecule has 37 heavy (non-hydrogen) atoms. The van der Waals surface area contributed by atoms with E-state index in [0.29, 0.717) is 22.6 Å². The fourth-order valence-corrected chi connectivity index (χ4v) is 5.36. The Hall–Kier alpha value is -4.44. The van der Waals surface area contributed by atoms with Gasteiger partial charge in [-0.2, -0.15) is 0 Å². The van der Waals surface area contributed by atoms with E-state index in [2.05, 4.69) is 4.98 Å². The zero-order chi connectivity index (χ0) is 26.3. The molecule has 188 valence electrons. The lowest BCUT2D eigenvalue weighted by Gasteiger charge is -2.25. The number of benzene rings is 3. The molecule has 2 heterocycles. The summed E-state index contributed by atoms with van der Waals surface area (Å²) < 4.78 is 30.6. The molecule has 4 aromatic rings. The number of fused-ring (bicyclic) bond motifs is 1. The lowest BCUT2D eigenvalue weighted by atomic mass is 9.94. The highest BCUT2D eigenvalue weighted by molar-refractivity contribution is 7.22. The number of carbonyl (C=O) groups excluding carboxylic acids is 2. The number of anilines is 1. The standard InChI is InChI=1S/C27H21FN2O6S/c1-34-16-11-12-18-20(13-16)37-27(29-18)30-22(17-5-4-6-19(35-2)25(17)36-3)21(24(32)26(30)33)23(31)14-7-9-15(28)10-8-14/h4-13,22,31H,1-3H3/b23-21+/t22-/m0/s1. The van der Waals surface area contributed by atoms with Crippen LogP contribution in [0.3, 0.4) is 0 Å². The van der Waals surface area contributed by atoms with Gasteiger partial charge in [0.15, 0.2) is 16.6 Å². The van der Waals surface area contributed by atoms with Gasteiger partial charge in [0, 0.05) is 11.1 Å². The van der Waals surface area contributed by atoms with Gasteiger partial charge in [-0.1, -0.05) is 23.5 Å². The van der Waals surface area contributed by atoms with Crippen molar-refractivity contribution < 1.29 is 33.3 Å². The van der Waals surface area contributed by atoms with Gasteiger partial charge in [-0.3, -0.25) is 14.5 Å². The number of ether oxygens (including phenoxy) is 3. The minimum Gasteiger partial charge on any atom is -0.507 e. The Morgan fingerprint density at radius 1 is 1.00 bits per heavy atom. The molecule has 3 aromatic carbocycles. The van der Waals surface area contributed by atoms with Crippen LogP contribution in [-0.2, 0) is 9.59 Å². The van der Waals surface area contributed by atoms with E-state index in [0.717, 1.165) is 16.8 Å². The summed E-state index contributed by atoms with van der Waals surface area (Å²) in [5.74, 6) is -1.45. The molecule has 0 bridgehead atoms. The summed E-state index contributed by atoms with van der Waals surface area (Å²) in [7, 11) is 4.46. The number of rotatable bonds is 6. The van der Waals surface area contributed by atoms with Crippen LogP contribution in [0, 0.1) is 5.82 Å². The molecule has 1 aliphatic heterocycles. The zero-order valence-electron chi connectivity index (χ0n) is 20.0. The largest absolute Gasteiger partial charge is 0.507 e. The average Bonchev–Trinajstić information content (AvgIpc) is 3.45. The quantitative estimate of drug-likeness (QED) is 0.215. The number of para-hydroxylation sites is 1. The van der Waals surface area contributed by atoms with Gasteiger partial charge in [0.1, 0.15) is 23.4 Å². The molecule has 1 fully saturated rings.